The third kappa shape index (κ3) is 18.3. The second-order valence-corrected chi connectivity index (χ2v) is 17.3. The molecule has 16 nitrogen and oxygen atoms in total. The summed E-state index contributed by atoms with van der Waals surface area (Å²) >= 11 is 0. The van der Waals surface area contributed by atoms with Crippen LogP contribution in [0.2, 0.25) is 0 Å². The topological polar surface area (TPSA) is 273 Å². The van der Waals surface area contributed by atoms with Crippen molar-refractivity contribution in [2.75, 3.05) is 19.8 Å². The molecular weight excluding hydrogens is 772 g/mol. The number of esters is 2. The van der Waals surface area contributed by atoms with E-state index in [9.17, 15) is 55.5 Å². The molecule has 17 atom stereocenters. The molecule has 0 aromatic rings. The first-order valence-electron chi connectivity index (χ1n) is 20.7. The lowest BCUT2D eigenvalue weighted by Crippen LogP contribution is -2.60. The van der Waals surface area contributed by atoms with Crippen molar-refractivity contribution in [2.45, 2.75) is 175 Å². The van der Waals surface area contributed by atoms with E-state index in [0.29, 0.717) is 17.4 Å². The third-order valence-electron chi connectivity index (χ3n) is 11.0. The normalized spacial score (nSPS) is 27.5. The summed E-state index contributed by atoms with van der Waals surface area (Å²) in [5, 5.41) is 103. The summed E-state index contributed by atoms with van der Waals surface area (Å²) in [6.07, 6.45) is -8.15. The Morgan fingerprint density at radius 3 is 1.95 bits per heavy atom. The zero-order chi connectivity index (χ0) is 45.5. The molecule has 1 aliphatic heterocycles. The van der Waals surface area contributed by atoms with Crippen molar-refractivity contribution in [1.82, 2.24) is 0 Å². The van der Waals surface area contributed by atoms with Gasteiger partial charge in [-0.15, -0.1) is 0 Å². The van der Waals surface area contributed by atoms with E-state index in [1.165, 1.54) is 26.0 Å². The highest BCUT2D eigenvalue weighted by Crippen LogP contribution is 2.33. The van der Waals surface area contributed by atoms with Gasteiger partial charge in [0.25, 0.3) is 0 Å². The molecule has 10 N–H and O–H groups in total. The Morgan fingerprint density at radius 1 is 0.797 bits per heavy atom. The number of aliphatic hydroxyl groups is 10. The van der Waals surface area contributed by atoms with Crippen molar-refractivity contribution >= 4 is 11.9 Å². The van der Waals surface area contributed by atoms with Crippen molar-refractivity contribution < 1.29 is 79.6 Å². The molecule has 1 heterocycles. The third-order valence-corrected chi connectivity index (χ3v) is 11.0. The summed E-state index contributed by atoms with van der Waals surface area (Å²) in [6, 6.07) is 0. The molecule has 0 aliphatic carbocycles. The highest BCUT2D eigenvalue weighted by atomic mass is 16.7. The van der Waals surface area contributed by atoms with E-state index in [1.54, 1.807) is 20.8 Å². The molecular formula is C43H76O16. The standard InChI is InChI=1S/C43H76O16/c1-12-22(2)13-23(3)14-26(6)40(59-42-39(53)38(52)37(51)33(58-42)21-56-30(10)45)27(7)15-24(4)17-43(11,55)18-29(9)34(48)25(5)16-28(8)41(54)57-20-32(47)36(50)35(49)31(46)19-44/h15-16,18,22-23,25-27,31-40,42,44,46-53,55H,12-14,17,19-21H2,1-11H3/b24-15+,28-16+,29-18+/t22-,23-,25-,26-,27-,31+,32+,33+,34?,35+,36+,37+,38-,39-,40+,42-,43-/m0/s1. The molecule has 1 aliphatic rings. The van der Waals surface area contributed by atoms with Crippen LogP contribution in [0.1, 0.15) is 102 Å². The number of hydrogen-bond donors (Lipinski definition) is 10. The molecule has 0 aromatic heterocycles. The van der Waals surface area contributed by atoms with Crippen LogP contribution in [0.25, 0.3) is 0 Å². The van der Waals surface area contributed by atoms with Gasteiger partial charge in [0.15, 0.2) is 6.29 Å². The summed E-state index contributed by atoms with van der Waals surface area (Å²) < 4.78 is 22.4. The van der Waals surface area contributed by atoms with E-state index in [4.69, 9.17) is 24.1 Å². The van der Waals surface area contributed by atoms with E-state index in [1.807, 2.05) is 26.8 Å². The zero-order valence-corrected chi connectivity index (χ0v) is 36.8. The molecule has 0 saturated carbocycles. The summed E-state index contributed by atoms with van der Waals surface area (Å²) in [7, 11) is 0. The second-order valence-electron chi connectivity index (χ2n) is 17.3. The molecule has 1 unspecified atom stereocenters. The van der Waals surface area contributed by atoms with Crippen molar-refractivity contribution in [3.8, 4) is 0 Å². The summed E-state index contributed by atoms with van der Waals surface area (Å²) in [6.45, 7) is 18.0. The van der Waals surface area contributed by atoms with Gasteiger partial charge >= 0.3 is 11.9 Å². The molecule has 0 amide bonds. The van der Waals surface area contributed by atoms with Crippen LogP contribution >= 0.6 is 0 Å². The number of rotatable bonds is 25. The number of carbonyl (C=O) groups is 2. The maximum absolute atomic E-state index is 12.6. The van der Waals surface area contributed by atoms with Gasteiger partial charge in [-0.25, -0.2) is 4.79 Å². The van der Waals surface area contributed by atoms with Gasteiger partial charge in [-0.2, -0.15) is 0 Å². The van der Waals surface area contributed by atoms with Gasteiger partial charge in [-0.3, -0.25) is 4.79 Å². The van der Waals surface area contributed by atoms with E-state index in [-0.39, 0.29) is 30.4 Å². The van der Waals surface area contributed by atoms with Gasteiger partial charge in [-0.1, -0.05) is 71.8 Å². The average molecular weight is 849 g/mol. The van der Waals surface area contributed by atoms with Crippen LogP contribution in [-0.4, -0.2) is 156 Å². The number of hydrogen-bond acceptors (Lipinski definition) is 16. The first-order valence-corrected chi connectivity index (χ1v) is 20.7. The highest BCUT2D eigenvalue weighted by Gasteiger charge is 2.46. The molecule has 0 spiro atoms. The quantitative estimate of drug-likeness (QED) is 0.0354. The summed E-state index contributed by atoms with van der Waals surface area (Å²) in [5.74, 6) is -1.58. The Labute approximate surface area is 350 Å². The molecule has 59 heavy (non-hydrogen) atoms. The van der Waals surface area contributed by atoms with Gasteiger partial charge in [-0.05, 0) is 63.9 Å². The maximum atomic E-state index is 12.6. The van der Waals surface area contributed by atoms with E-state index in [0.717, 1.165) is 24.8 Å². The lowest BCUT2D eigenvalue weighted by atomic mass is 9.82. The summed E-state index contributed by atoms with van der Waals surface area (Å²) in [5.41, 5.74) is -0.125. The van der Waals surface area contributed by atoms with Crippen LogP contribution < -0.4 is 0 Å². The zero-order valence-electron chi connectivity index (χ0n) is 36.8. The van der Waals surface area contributed by atoms with Crippen LogP contribution in [0, 0.1) is 29.6 Å². The molecule has 1 fully saturated rings. The SMILES string of the molecule is CC[C@H](C)C[C@H](C)C[C@H](C)[C@@H](O[C@@H]1O[C@H](COC(C)=O)[C@@H](O)[C@H](O)[C@@H]1O)[C@@H](C)/C=C(\C)C[C@](C)(O)/C=C(\C)C(O)[C@@H](C)/C=C(\C)C(=O)OC[C@@H](O)[C@@H](O)[C@H](O)[C@H](O)CO. The van der Waals surface area contributed by atoms with Crippen molar-refractivity contribution in [2.24, 2.45) is 29.6 Å². The fraction of sp³-hybridized carbons (Fsp3) is 0.814. The van der Waals surface area contributed by atoms with Crippen LogP contribution in [0.4, 0.5) is 0 Å². The smallest absolute Gasteiger partial charge is 0.333 e. The predicted octanol–water partition coefficient (Wildman–Crippen LogP) is 1.43. The Hall–Kier alpha value is -2.32. The van der Waals surface area contributed by atoms with Crippen molar-refractivity contribution in [3.63, 3.8) is 0 Å². The van der Waals surface area contributed by atoms with E-state index in [2.05, 4.69) is 20.8 Å². The van der Waals surface area contributed by atoms with Crippen LogP contribution in [0.15, 0.2) is 34.9 Å². The van der Waals surface area contributed by atoms with Crippen molar-refractivity contribution in [1.29, 1.82) is 0 Å². The van der Waals surface area contributed by atoms with E-state index < -0.39 is 104 Å². The Morgan fingerprint density at radius 2 is 1.39 bits per heavy atom. The Balaban J connectivity index is 3.18. The van der Waals surface area contributed by atoms with Gasteiger partial charge < -0.3 is 70.0 Å². The van der Waals surface area contributed by atoms with E-state index >= 15 is 0 Å². The monoisotopic (exact) mass is 849 g/mol. The molecule has 1 saturated heterocycles. The molecule has 344 valence electrons. The Bertz CT molecular complexity index is 1360. The van der Waals surface area contributed by atoms with Crippen LogP contribution in [0.5, 0.6) is 0 Å². The molecule has 16 heteroatoms. The first-order chi connectivity index (χ1) is 27.3. The lowest BCUT2D eigenvalue weighted by molar-refractivity contribution is -0.317. The molecule has 1 rings (SSSR count). The van der Waals surface area contributed by atoms with Crippen LogP contribution in [0.3, 0.4) is 0 Å². The minimum Gasteiger partial charge on any atom is -0.463 e. The summed E-state index contributed by atoms with van der Waals surface area (Å²) in [4.78, 5) is 24.0. The fourth-order valence-electron chi connectivity index (χ4n) is 7.71. The number of aliphatic hydroxyl groups excluding tert-OH is 9. The van der Waals surface area contributed by atoms with Crippen LogP contribution in [-0.2, 0) is 28.5 Å². The lowest BCUT2D eigenvalue weighted by Gasteiger charge is -2.43. The minimum absolute atomic E-state index is 0.0663. The molecule has 0 bridgehead atoms. The fourth-order valence-corrected chi connectivity index (χ4v) is 7.71. The number of carbonyl (C=O) groups excluding carboxylic acids is 2. The van der Waals surface area contributed by atoms with Gasteiger partial charge in [0.2, 0.25) is 0 Å². The van der Waals surface area contributed by atoms with Gasteiger partial charge in [0, 0.05) is 30.8 Å². The maximum Gasteiger partial charge on any atom is 0.333 e. The van der Waals surface area contributed by atoms with Gasteiger partial charge in [0.1, 0.15) is 62.0 Å². The minimum atomic E-state index is -1.89. The average Bonchev–Trinajstić information content (AvgIpc) is 3.15. The Kier molecular flexibility index (Phi) is 23.7. The predicted molar refractivity (Wildman–Crippen MR) is 218 cm³/mol. The van der Waals surface area contributed by atoms with Crippen molar-refractivity contribution in [3.05, 3.63) is 34.9 Å². The number of ether oxygens (including phenoxy) is 4. The first kappa shape index (κ1) is 54.7. The second kappa shape index (κ2) is 25.6. The van der Waals surface area contributed by atoms with Gasteiger partial charge in [0.05, 0.1) is 24.4 Å². The molecule has 0 radical (unpaired) electrons. The molecule has 0 aromatic carbocycles. The largest absolute Gasteiger partial charge is 0.463 e. The highest BCUT2D eigenvalue weighted by molar-refractivity contribution is 5.87.